The molecule has 2 atom stereocenters. The molecule has 0 amide bonds. The van der Waals surface area contributed by atoms with Crippen LogP contribution >= 0.6 is 34.9 Å². The van der Waals surface area contributed by atoms with Gasteiger partial charge >= 0.3 is 0 Å². The van der Waals surface area contributed by atoms with Crippen LogP contribution in [0.3, 0.4) is 0 Å². The summed E-state index contributed by atoms with van der Waals surface area (Å²) in [6.07, 6.45) is 2.01. The molecular formula is C12H15N3S3. The molecule has 3 nitrogen and oxygen atoms in total. The number of nitrogens with zero attached hydrogens (tertiary/aromatic N) is 2. The average molecular weight is 297 g/mol. The van der Waals surface area contributed by atoms with Gasteiger partial charge < -0.3 is 5.73 Å². The molecule has 0 spiro atoms. The fourth-order valence-electron chi connectivity index (χ4n) is 1.51. The molecule has 96 valence electrons. The van der Waals surface area contributed by atoms with Gasteiger partial charge in [0.05, 0.1) is 0 Å². The van der Waals surface area contributed by atoms with E-state index in [1.54, 1.807) is 34.9 Å². The third kappa shape index (κ3) is 3.47. The fourth-order valence-corrected chi connectivity index (χ4v) is 4.26. The van der Waals surface area contributed by atoms with E-state index in [1.807, 2.05) is 24.5 Å². The minimum absolute atomic E-state index is 0.0119. The molecule has 0 bridgehead atoms. The number of hydrogen-bond acceptors (Lipinski definition) is 6. The van der Waals surface area contributed by atoms with E-state index < -0.39 is 0 Å². The Balaban J connectivity index is 2.01. The number of aromatic nitrogens is 2. The molecule has 0 aliphatic carbocycles. The predicted molar refractivity (Wildman–Crippen MR) is 80.4 cm³/mol. The van der Waals surface area contributed by atoms with Gasteiger partial charge in [-0.05, 0) is 11.8 Å². The summed E-state index contributed by atoms with van der Waals surface area (Å²) in [6.45, 7) is 2.13. The van der Waals surface area contributed by atoms with Crippen LogP contribution in [0.15, 0.2) is 39.0 Å². The molecule has 0 aliphatic rings. The van der Waals surface area contributed by atoms with E-state index >= 15 is 0 Å². The molecule has 2 rings (SSSR count). The van der Waals surface area contributed by atoms with Crippen LogP contribution in [0.1, 0.15) is 18.5 Å². The minimum Gasteiger partial charge on any atom is -0.323 e. The van der Waals surface area contributed by atoms with Crippen molar-refractivity contribution in [2.45, 2.75) is 26.9 Å². The lowest BCUT2D eigenvalue weighted by molar-refractivity contribution is 0.714. The quantitative estimate of drug-likeness (QED) is 0.857. The summed E-state index contributed by atoms with van der Waals surface area (Å²) >= 11 is 4.93. The molecule has 1 aromatic carbocycles. The summed E-state index contributed by atoms with van der Waals surface area (Å²) in [5.74, 6) is 0. The first-order valence-corrected chi connectivity index (χ1v) is 8.47. The number of rotatable bonds is 5. The van der Waals surface area contributed by atoms with Gasteiger partial charge in [0.2, 0.25) is 0 Å². The van der Waals surface area contributed by atoms with E-state index in [1.165, 1.54) is 0 Å². The van der Waals surface area contributed by atoms with Gasteiger partial charge in [0.15, 0.2) is 8.68 Å². The molecule has 2 aromatic rings. The van der Waals surface area contributed by atoms with Crippen LogP contribution in [-0.4, -0.2) is 21.7 Å². The van der Waals surface area contributed by atoms with Gasteiger partial charge in [0.25, 0.3) is 0 Å². The van der Waals surface area contributed by atoms with E-state index in [0.29, 0.717) is 0 Å². The largest absolute Gasteiger partial charge is 0.323 e. The number of hydrogen-bond donors (Lipinski definition) is 1. The monoisotopic (exact) mass is 297 g/mol. The maximum absolute atomic E-state index is 6.26. The van der Waals surface area contributed by atoms with Crippen LogP contribution in [0.25, 0.3) is 0 Å². The van der Waals surface area contributed by atoms with Gasteiger partial charge in [0, 0.05) is 11.3 Å². The van der Waals surface area contributed by atoms with Crippen LogP contribution < -0.4 is 5.73 Å². The molecule has 18 heavy (non-hydrogen) atoms. The summed E-state index contributed by atoms with van der Waals surface area (Å²) in [5.41, 5.74) is 7.42. The van der Waals surface area contributed by atoms with Gasteiger partial charge in [-0.25, -0.2) is 0 Å². The zero-order valence-electron chi connectivity index (χ0n) is 10.2. The van der Waals surface area contributed by atoms with Crippen LogP contribution in [0.4, 0.5) is 0 Å². The van der Waals surface area contributed by atoms with Crippen molar-refractivity contribution in [3.8, 4) is 0 Å². The number of thioether (sulfide) groups is 2. The summed E-state index contributed by atoms with van der Waals surface area (Å²) in [6, 6.07) is 10.2. The van der Waals surface area contributed by atoms with Crippen LogP contribution in [0.2, 0.25) is 0 Å². The normalized spacial score (nSPS) is 14.4. The van der Waals surface area contributed by atoms with E-state index in [4.69, 9.17) is 5.73 Å². The predicted octanol–water partition coefficient (Wildman–Crippen LogP) is 3.44. The Hall–Kier alpha value is -0.560. The zero-order chi connectivity index (χ0) is 13.0. The molecule has 0 aliphatic heterocycles. The smallest absolute Gasteiger partial charge is 0.175 e. The lowest BCUT2D eigenvalue weighted by Gasteiger charge is -2.18. The molecule has 2 unspecified atom stereocenters. The van der Waals surface area contributed by atoms with Crippen molar-refractivity contribution < 1.29 is 0 Å². The third-order valence-electron chi connectivity index (χ3n) is 2.54. The highest BCUT2D eigenvalue weighted by atomic mass is 32.2. The summed E-state index contributed by atoms with van der Waals surface area (Å²) in [4.78, 5) is 0. The molecular weight excluding hydrogens is 282 g/mol. The molecule has 0 saturated carbocycles. The van der Waals surface area contributed by atoms with Crippen molar-refractivity contribution in [3.63, 3.8) is 0 Å². The van der Waals surface area contributed by atoms with Gasteiger partial charge in [-0.15, -0.1) is 10.2 Å². The highest BCUT2D eigenvalue weighted by molar-refractivity contribution is 8.03. The van der Waals surface area contributed by atoms with Crippen molar-refractivity contribution in [2.75, 3.05) is 6.26 Å². The lowest BCUT2D eigenvalue weighted by Crippen LogP contribution is -2.20. The summed E-state index contributed by atoms with van der Waals surface area (Å²) in [7, 11) is 0. The molecule has 0 saturated heterocycles. The SMILES string of the molecule is CSc1nnc(SC(C)C(N)c2ccccc2)s1. The molecule has 1 heterocycles. The summed E-state index contributed by atoms with van der Waals surface area (Å²) < 4.78 is 1.98. The van der Waals surface area contributed by atoms with E-state index in [9.17, 15) is 0 Å². The van der Waals surface area contributed by atoms with Gasteiger partial charge in [-0.2, -0.15) is 0 Å². The average Bonchev–Trinajstić information content (AvgIpc) is 2.86. The zero-order valence-corrected chi connectivity index (χ0v) is 12.7. The standard InChI is InChI=1S/C12H15N3S3/c1-8(10(13)9-6-4-3-5-7-9)17-12-15-14-11(16-2)18-12/h3-8,10H,13H2,1-2H3. The molecule has 2 N–H and O–H groups in total. The van der Waals surface area contributed by atoms with Crippen LogP contribution in [0, 0.1) is 0 Å². The second-order valence-corrected chi connectivity index (χ2v) is 7.45. The lowest BCUT2D eigenvalue weighted by atomic mass is 10.1. The second kappa shape index (κ2) is 6.56. The Bertz CT molecular complexity index is 486. The Morgan fingerprint density at radius 3 is 2.44 bits per heavy atom. The molecule has 0 fully saturated rings. The minimum atomic E-state index is 0.0119. The van der Waals surface area contributed by atoms with E-state index in [2.05, 4.69) is 29.3 Å². The second-order valence-electron chi connectivity index (χ2n) is 3.80. The van der Waals surface area contributed by atoms with E-state index in [0.717, 1.165) is 14.2 Å². The van der Waals surface area contributed by atoms with Crippen molar-refractivity contribution in [1.82, 2.24) is 10.2 Å². The van der Waals surface area contributed by atoms with Crippen molar-refractivity contribution in [3.05, 3.63) is 35.9 Å². The number of benzene rings is 1. The van der Waals surface area contributed by atoms with Crippen molar-refractivity contribution in [1.29, 1.82) is 0 Å². The number of nitrogens with two attached hydrogens (primary N) is 1. The first-order chi connectivity index (χ1) is 8.70. The van der Waals surface area contributed by atoms with Crippen LogP contribution in [-0.2, 0) is 0 Å². The van der Waals surface area contributed by atoms with Gasteiger partial charge in [0.1, 0.15) is 0 Å². The van der Waals surface area contributed by atoms with Gasteiger partial charge in [-0.3, -0.25) is 0 Å². The van der Waals surface area contributed by atoms with Crippen molar-refractivity contribution >= 4 is 34.9 Å². The highest BCUT2D eigenvalue weighted by Gasteiger charge is 2.17. The maximum Gasteiger partial charge on any atom is 0.175 e. The summed E-state index contributed by atoms with van der Waals surface area (Å²) in [5, 5.41) is 8.52. The Morgan fingerprint density at radius 2 is 1.83 bits per heavy atom. The first kappa shape index (κ1) is 13.9. The maximum atomic E-state index is 6.26. The molecule has 6 heteroatoms. The van der Waals surface area contributed by atoms with Crippen LogP contribution in [0.5, 0.6) is 0 Å². The Labute approximate surface area is 120 Å². The topological polar surface area (TPSA) is 51.8 Å². The van der Waals surface area contributed by atoms with E-state index in [-0.39, 0.29) is 11.3 Å². The fraction of sp³-hybridized carbons (Fsp3) is 0.333. The first-order valence-electron chi connectivity index (χ1n) is 5.55. The molecule has 0 radical (unpaired) electrons. The Morgan fingerprint density at radius 1 is 1.17 bits per heavy atom. The molecule has 1 aromatic heterocycles. The highest BCUT2D eigenvalue weighted by Crippen LogP contribution is 2.34. The third-order valence-corrected chi connectivity index (χ3v) is 5.72. The van der Waals surface area contributed by atoms with Crippen molar-refractivity contribution in [2.24, 2.45) is 5.73 Å². The Kier molecular flexibility index (Phi) is 5.05. The van der Waals surface area contributed by atoms with Gasteiger partial charge in [-0.1, -0.05) is 72.1 Å².